The number of rotatable bonds is 4. The average molecular weight is 462 g/mol. The molecular formula is C28H29F2N3O. The van der Waals surface area contributed by atoms with Gasteiger partial charge in [-0.3, -0.25) is 4.90 Å². The van der Waals surface area contributed by atoms with Crippen molar-refractivity contribution in [3.63, 3.8) is 0 Å². The summed E-state index contributed by atoms with van der Waals surface area (Å²) in [6.07, 6.45) is 2.00. The summed E-state index contributed by atoms with van der Waals surface area (Å²) in [7, 11) is 0. The quantitative estimate of drug-likeness (QED) is 0.516. The summed E-state index contributed by atoms with van der Waals surface area (Å²) in [5, 5.41) is 9.02. The molecule has 0 spiro atoms. The molecule has 1 saturated carbocycles. The monoisotopic (exact) mass is 461 g/mol. The molecule has 4 nitrogen and oxygen atoms in total. The lowest BCUT2D eigenvalue weighted by molar-refractivity contribution is -0.0941. The van der Waals surface area contributed by atoms with Gasteiger partial charge in [0, 0.05) is 25.0 Å². The molecule has 1 aromatic heterocycles. The van der Waals surface area contributed by atoms with E-state index >= 15 is 0 Å². The Morgan fingerprint density at radius 2 is 1.79 bits per heavy atom. The highest BCUT2D eigenvalue weighted by Gasteiger charge is 2.67. The summed E-state index contributed by atoms with van der Waals surface area (Å²) in [5.41, 5.74) is 3.15. The van der Waals surface area contributed by atoms with Gasteiger partial charge in [0.15, 0.2) is 0 Å². The Bertz CT molecular complexity index is 1210. The molecule has 0 unspecified atom stereocenters. The summed E-state index contributed by atoms with van der Waals surface area (Å²) in [6, 6.07) is 16.3. The number of aromatic nitrogens is 2. The first-order valence-electron chi connectivity index (χ1n) is 12.1. The van der Waals surface area contributed by atoms with Crippen LogP contribution in [0, 0.1) is 17.0 Å². The molecule has 3 aliphatic rings. The van der Waals surface area contributed by atoms with Crippen molar-refractivity contribution in [2.45, 2.75) is 50.7 Å². The maximum atomic E-state index is 14.5. The van der Waals surface area contributed by atoms with Crippen LogP contribution in [-0.2, 0) is 16.7 Å². The Hall–Kier alpha value is -2.70. The van der Waals surface area contributed by atoms with Gasteiger partial charge >= 0.3 is 0 Å². The minimum atomic E-state index is -0.612. The Labute approximate surface area is 199 Å². The van der Waals surface area contributed by atoms with Crippen molar-refractivity contribution in [3.8, 4) is 11.3 Å². The molecule has 3 atom stereocenters. The minimum absolute atomic E-state index is 0.00319. The highest BCUT2D eigenvalue weighted by Crippen LogP contribution is 2.69. The number of halogens is 2. The van der Waals surface area contributed by atoms with Crippen molar-refractivity contribution in [1.29, 1.82) is 0 Å². The second-order valence-corrected chi connectivity index (χ2v) is 10.5. The predicted octanol–water partition coefficient (Wildman–Crippen LogP) is 5.48. The lowest BCUT2D eigenvalue weighted by atomic mass is 9.64. The number of benzene rings is 2. The summed E-state index contributed by atoms with van der Waals surface area (Å²) in [6.45, 7) is 7.90. The Morgan fingerprint density at radius 1 is 1.03 bits per heavy atom. The number of fused-ring (bicyclic) bond motifs is 5. The van der Waals surface area contributed by atoms with Crippen LogP contribution in [0.2, 0.25) is 0 Å². The van der Waals surface area contributed by atoms with Crippen molar-refractivity contribution >= 4 is 0 Å². The van der Waals surface area contributed by atoms with E-state index in [1.165, 1.54) is 23.8 Å². The number of hydrogen-bond donors (Lipinski definition) is 0. The van der Waals surface area contributed by atoms with Crippen molar-refractivity contribution < 1.29 is 13.5 Å². The maximum Gasteiger partial charge on any atom is 0.135 e. The highest BCUT2D eigenvalue weighted by atomic mass is 19.1. The molecule has 176 valence electrons. The van der Waals surface area contributed by atoms with Crippen LogP contribution in [0.25, 0.3) is 11.3 Å². The summed E-state index contributed by atoms with van der Waals surface area (Å²) in [5.74, 6) is -0.961. The van der Waals surface area contributed by atoms with E-state index in [2.05, 4.69) is 53.2 Å². The van der Waals surface area contributed by atoms with Gasteiger partial charge in [-0.1, -0.05) is 50.2 Å². The van der Waals surface area contributed by atoms with E-state index in [4.69, 9.17) is 4.74 Å². The molecular weight excluding hydrogens is 432 g/mol. The van der Waals surface area contributed by atoms with Gasteiger partial charge in [-0.25, -0.2) is 8.78 Å². The first-order chi connectivity index (χ1) is 16.4. The van der Waals surface area contributed by atoms with E-state index in [1.54, 1.807) is 0 Å². The molecule has 6 heteroatoms. The fraction of sp³-hybridized carbons (Fsp3) is 0.429. The highest BCUT2D eigenvalue weighted by molar-refractivity contribution is 5.63. The average Bonchev–Trinajstić information content (AvgIpc) is 3.21. The van der Waals surface area contributed by atoms with Gasteiger partial charge < -0.3 is 4.74 Å². The van der Waals surface area contributed by atoms with Crippen LogP contribution in [0.5, 0.6) is 0 Å². The van der Waals surface area contributed by atoms with Crippen LogP contribution >= 0.6 is 0 Å². The molecule has 2 aliphatic carbocycles. The SMILES string of the molecule is CC1(C)[C@H]2CC[C@]1([C@H]1CN(Cc3ccccc3)CCO1)c1nnc(-c3c(F)cccc3F)cc12. The largest absolute Gasteiger partial charge is 0.375 e. The van der Waals surface area contributed by atoms with E-state index in [-0.39, 0.29) is 34.1 Å². The van der Waals surface area contributed by atoms with Gasteiger partial charge in [0.25, 0.3) is 0 Å². The zero-order valence-corrected chi connectivity index (χ0v) is 19.6. The number of ether oxygens (including phenoxy) is 1. The molecule has 1 aliphatic heterocycles. The smallest absolute Gasteiger partial charge is 0.135 e. The van der Waals surface area contributed by atoms with Gasteiger partial charge in [0.2, 0.25) is 0 Å². The summed E-state index contributed by atoms with van der Waals surface area (Å²) in [4.78, 5) is 2.47. The molecule has 0 radical (unpaired) electrons. The third kappa shape index (κ3) is 3.08. The maximum absolute atomic E-state index is 14.5. The Kier molecular flexibility index (Phi) is 5.08. The third-order valence-corrected chi connectivity index (χ3v) is 8.64. The van der Waals surface area contributed by atoms with Gasteiger partial charge in [-0.15, -0.1) is 0 Å². The lowest BCUT2D eigenvalue weighted by Crippen LogP contribution is -2.56. The fourth-order valence-corrected chi connectivity index (χ4v) is 6.93. The van der Waals surface area contributed by atoms with Crippen LogP contribution < -0.4 is 0 Å². The fourth-order valence-electron chi connectivity index (χ4n) is 6.93. The molecule has 2 aromatic carbocycles. The zero-order chi connectivity index (χ0) is 23.5. The van der Waals surface area contributed by atoms with Crippen LogP contribution in [0.3, 0.4) is 0 Å². The van der Waals surface area contributed by atoms with E-state index in [0.717, 1.165) is 43.7 Å². The number of nitrogens with zero attached hydrogens (tertiary/aromatic N) is 3. The summed E-state index contributed by atoms with van der Waals surface area (Å²) < 4.78 is 35.4. The van der Waals surface area contributed by atoms with Gasteiger partial charge in [0.1, 0.15) is 11.6 Å². The first kappa shape index (κ1) is 21.8. The van der Waals surface area contributed by atoms with E-state index in [0.29, 0.717) is 6.61 Å². The zero-order valence-electron chi connectivity index (χ0n) is 19.6. The topological polar surface area (TPSA) is 38.2 Å². The van der Waals surface area contributed by atoms with Crippen LogP contribution in [0.4, 0.5) is 8.78 Å². The van der Waals surface area contributed by atoms with E-state index < -0.39 is 11.6 Å². The van der Waals surface area contributed by atoms with Crippen molar-refractivity contribution in [3.05, 3.63) is 83.1 Å². The van der Waals surface area contributed by atoms with Gasteiger partial charge in [-0.2, -0.15) is 10.2 Å². The molecule has 34 heavy (non-hydrogen) atoms. The Balaban J connectivity index is 1.37. The Morgan fingerprint density at radius 3 is 2.56 bits per heavy atom. The molecule has 1 saturated heterocycles. The predicted molar refractivity (Wildman–Crippen MR) is 126 cm³/mol. The van der Waals surface area contributed by atoms with Crippen LogP contribution in [-0.4, -0.2) is 40.9 Å². The molecule has 6 rings (SSSR count). The van der Waals surface area contributed by atoms with Crippen LogP contribution in [0.1, 0.15) is 49.4 Å². The van der Waals surface area contributed by atoms with Crippen molar-refractivity contribution in [2.75, 3.05) is 19.7 Å². The van der Waals surface area contributed by atoms with Gasteiger partial charge in [0.05, 0.1) is 29.7 Å². The molecule has 3 aromatic rings. The van der Waals surface area contributed by atoms with Crippen molar-refractivity contribution in [1.82, 2.24) is 15.1 Å². The second-order valence-electron chi connectivity index (χ2n) is 10.5. The minimum Gasteiger partial charge on any atom is -0.375 e. The van der Waals surface area contributed by atoms with E-state index in [9.17, 15) is 8.78 Å². The number of hydrogen-bond acceptors (Lipinski definition) is 4. The summed E-state index contributed by atoms with van der Waals surface area (Å²) >= 11 is 0. The normalized spacial score (nSPS) is 27.6. The third-order valence-electron chi connectivity index (χ3n) is 8.64. The van der Waals surface area contributed by atoms with E-state index in [1.807, 2.05) is 12.1 Å². The molecule has 2 bridgehead atoms. The van der Waals surface area contributed by atoms with Crippen molar-refractivity contribution in [2.24, 2.45) is 5.41 Å². The standard InChI is InChI=1S/C28H29F2N3O/c1-27(2)20-11-12-28(27,24-17-33(13-14-34-24)16-18-7-4-3-5-8-18)26-19(20)15-23(31-32-26)25-21(29)9-6-10-22(25)30/h3-10,15,20,24H,11-14,16-17H2,1-2H3/t20-,24+,28-/m0/s1. The van der Waals surface area contributed by atoms with Crippen LogP contribution in [0.15, 0.2) is 54.6 Å². The first-order valence-corrected chi connectivity index (χ1v) is 12.1. The number of morpholine rings is 1. The molecule has 0 N–H and O–H groups in total. The lowest BCUT2D eigenvalue weighted by Gasteiger charge is -2.47. The second kappa shape index (κ2) is 7.92. The molecule has 2 fully saturated rings. The molecule has 2 heterocycles. The molecule has 0 amide bonds. The van der Waals surface area contributed by atoms with Gasteiger partial charge in [-0.05, 0) is 53.5 Å².